The number of benzene rings is 1. The number of carboxylic acid groups (broad SMARTS) is 1. The number of fused-ring (bicyclic) bond motifs is 1. The van der Waals surface area contributed by atoms with E-state index in [9.17, 15) is 14.7 Å². The number of carbonyl (C=O) groups excluding carboxylic acids is 1. The first-order valence-electron chi connectivity index (χ1n) is 8.79. The Morgan fingerprint density at radius 1 is 1.18 bits per heavy atom. The number of carboxylic acids is 1. The number of nitrogens with zero attached hydrogens (tertiary/aromatic N) is 3. The maximum atomic E-state index is 12.5. The Labute approximate surface area is 160 Å². The number of aliphatic carboxylic acids is 1. The van der Waals surface area contributed by atoms with Gasteiger partial charge in [-0.05, 0) is 17.7 Å². The van der Waals surface area contributed by atoms with Crippen LogP contribution in [0.3, 0.4) is 0 Å². The Morgan fingerprint density at radius 3 is 2.79 bits per heavy atom. The number of nitrogens with one attached hydrogen (secondary N) is 1. The Kier molecular flexibility index (Phi) is 4.52. The number of oxime groups is 1. The first-order chi connectivity index (χ1) is 13.6. The summed E-state index contributed by atoms with van der Waals surface area (Å²) < 4.78 is 1.68. The molecule has 3 aromatic rings. The average molecular weight is 378 g/mol. The third kappa shape index (κ3) is 3.32. The van der Waals surface area contributed by atoms with Gasteiger partial charge >= 0.3 is 5.97 Å². The van der Waals surface area contributed by atoms with E-state index < -0.39 is 11.6 Å². The minimum absolute atomic E-state index is 0.104. The van der Waals surface area contributed by atoms with Crippen LogP contribution in [-0.4, -0.2) is 44.2 Å². The van der Waals surface area contributed by atoms with Gasteiger partial charge < -0.3 is 15.3 Å². The molecular weight excluding hydrogens is 360 g/mol. The van der Waals surface area contributed by atoms with Crippen LogP contribution in [0.25, 0.3) is 5.65 Å². The molecule has 1 aromatic carbocycles. The molecule has 2 aromatic heterocycles. The molecule has 1 aliphatic rings. The molecule has 1 atom stereocenters. The van der Waals surface area contributed by atoms with Gasteiger partial charge in [-0.2, -0.15) is 0 Å². The van der Waals surface area contributed by atoms with Crippen LogP contribution >= 0.6 is 0 Å². The third-order valence-electron chi connectivity index (χ3n) is 4.68. The van der Waals surface area contributed by atoms with E-state index in [0.29, 0.717) is 17.1 Å². The van der Waals surface area contributed by atoms with Crippen LogP contribution in [0.5, 0.6) is 0 Å². The number of aromatic nitrogens is 2. The summed E-state index contributed by atoms with van der Waals surface area (Å²) in [5.74, 6) is -1.38. The lowest BCUT2D eigenvalue weighted by Crippen LogP contribution is -2.42. The second-order valence-electron chi connectivity index (χ2n) is 6.64. The highest BCUT2D eigenvalue weighted by Crippen LogP contribution is 2.28. The van der Waals surface area contributed by atoms with Gasteiger partial charge in [0.15, 0.2) is 0 Å². The monoisotopic (exact) mass is 378 g/mol. The molecule has 0 radical (unpaired) electrons. The van der Waals surface area contributed by atoms with Crippen LogP contribution in [0.15, 0.2) is 66.1 Å². The molecule has 8 heteroatoms. The Morgan fingerprint density at radius 2 is 2.00 bits per heavy atom. The fraction of sp³-hybridized carbons (Fsp3) is 0.200. The minimum Gasteiger partial charge on any atom is -0.478 e. The van der Waals surface area contributed by atoms with Crippen molar-refractivity contribution in [3.8, 4) is 0 Å². The first kappa shape index (κ1) is 17.7. The molecular formula is C20H18N4O4. The molecule has 4 rings (SSSR count). The largest absolute Gasteiger partial charge is 0.478 e. The van der Waals surface area contributed by atoms with E-state index in [4.69, 9.17) is 4.84 Å². The summed E-state index contributed by atoms with van der Waals surface area (Å²) in [5, 5.41) is 16.4. The second-order valence-corrected chi connectivity index (χ2v) is 6.64. The van der Waals surface area contributed by atoms with Gasteiger partial charge in [0.1, 0.15) is 11.3 Å². The molecule has 28 heavy (non-hydrogen) atoms. The van der Waals surface area contributed by atoms with Gasteiger partial charge in [-0.25, -0.2) is 9.78 Å². The van der Waals surface area contributed by atoms with Crippen molar-refractivity contribution in [3.63, 3.8) is 0 Å². The van der Waals surface area contributed by atoms with Crippen LogP contribution in [-0.2, 0) is 16.1 Å². The van der Waals surface area contributed by atoms with Gasteiger partial charge in [0, 0.05) is 25.2 Å². The summed E-state index contributed by atoms with van der Waals surface area (Å²) in [7, 11) is 0. The molecule has 3 heterocycles. The van der Waals surface area contributed by atoms with Crippen molar-refractivity contribution in [2.24, 2.45) is 5.16 Å². The summed E-state index contributed by atoms with van der Waals surface area (Å²) in [4.78, 5) is 33.9. The highest BCUT2D eigenvalue weighted by molar-refractivity contribution is 5.99. The van der Waals surface area contributed by atoms with Crippen molar-refractivity contribution in [3.05, 3.63) is 72.2 Å². The molecule has 0 saturated heterocycles. The van der Waals surface area contributed by atoms with Crippen molar-refractivity contribution in [1.82, 2.24) is 14.7 Å². The minimum atomic E-state index is -1.45. The van der Waals surface area contributed by atoms with Crippen LogP contribution < -0.4 is 5.32 Å². The van der Waals surface area contributed by atoms with E-state index in [0.717, 1.165) is 5.56 Å². The zero-order valence-electron chi connectivity index (χ0n) is 14.9. The van der Waals surface area contributed by atoms with Crippen LogP contribution in [0.4, 0.5) is 0 Å². The first-order valence-corrected chi connectivity index (χ1v) is 8.79. The molecule has 1 aliphatic heterocycles. The van der Waals surface area contributed by atoms with E-state index >= 15 is 0 Å². The lowest BCUT2D eigenvalue weighted by molar-refractivity contribution is -0.162. The molecule has 1 amide bonds. The molecule has 0 fully saturated rings. The number of amides is 1. The fourth-order valence-corrected chi connectivity index (χ4v) is 3.26. The van der Waals surface area contributed by atoms with Crippen molar-refractivity contribution in [1.29, 1.82) is 0 Å². The van der Waals surface area contributed by atoms with Gasteiger partial charge in [-0.3, -0.25) is 9.20 Å². The summed E-state index contributed by atoms with van der Waals surface area (Å²) in [6.45, 7) is 0.105. The van der Waals surface area contributed by atoms with Crippen molar-refractivity contribution >= 4 is 23.2 Å². The summed E-state index contributed by atoms with van der Waals surface area (Å²) in [5.41, 5.74) is 0.970. The van der Waals surface area contributed by atoms with Crippen molar-refractivity contribution in [2.75, 3.05) is 6.54 Å². The molecule has 8 nitrogen and oxygen atoms in total. The maximum Gasteiger partial charge on any atom is 0.351 e. The average Bonchev–Trinajstić information content (AvgIpc) is 3.34. The SMILES string of the molecule is O=C(NCC1=NOC(Cc2ccccc2)(C(=O)O)C1)c1cccc2nccn12. The Bertz CT molecular complexity index is 1060. The maximum absolute atomic E-state index is 12.5. The van der Waals surface area contributed by atoms with E-state index in [2.05, 4.69) is 15.5 Å². The fourth-order valence-electron chi connectivity index (χ4n) is 3.26. The van der Waals surface area contributed by atoms with E-state index in [-0.39, 0.29) is 25.3 Å². The van der Waals surface area contributed by atoms with Gasteiger partial charge in [0.25, 0.3) is 5.91 Å². The highest BCUT2D eigenvalue weighted by atomic mass is 16.7. The van der Waals surface area contributed by atoms with E-state index in [1.165, 1.54) is 0 Å². The molecule has 142 valence electrons. The number of hydrogen-bond donors (Lipinski definition) is 2. The quantitative estimate of drug-likeness (QED) is 0.682. The number of imidazole rings is 1. The molecule has 0 bridgehead atoms. The Balaban J connectivity index is 1.43. The third-order valence-corrected chi connectivity index (χ3v) is 4.68. The predicted molar refractivity (Wildman–Crippen MR) is 101 cm³/mol. The predicted octanol–water partition coefficient (Wildman–Crippen LogP) is 1.91. The lowest BCUT2D eigenvalue weighted by Gasteiger charge is -2.21. The van der Waals surface area contributed by atoms with Crippen LogP contribution in [0.1, 0.15) is 22.5 Å². The van der Waals surface area contributed by atoms with Crippen molar-refractivity contribution < 1.29 is 19.5 Å². The van der Waals surface area contributed by atoms with Crippen molar-refractivity contribution in [2.45, 2.75) is 18.4 Å². The van der Waals surface area contributed by atoms with Crippen LogP contribution in [0, 0.1) is 0 Å². The molecule has 1 unspecified atom stereocenters. The molecule has 2 N–H and O–H groups in total. The molecule has 0 aliphatic carbocycles. The van der Waals surface area contributed by atoms with Gasteiger partial charge in [0.05, 0.1) is 12.3 Å². The van der Waals surface area contributed by atoms with Gasteiger partial charge in [-0.15, -0.1) is 0 Å². The number of rotatable bonds is 6. The highest BCUT2D eigenvalue weighted by Gasteiger charge is 2.46. The summed E-state index contributed by atoms with van der Waals surface area (Å²) in [6, 6.07) is 14.5. The summed E-state index contributed by atoms with van der Waals surface area (Å²) >= 11 is 0. The standard InChI is InChI=1S/C20H18N4O4/c25-18(16-7-4-8-17-21-9-10-24(16)17)22-13-15-12-20(19(26)27,28-23-15)11-14-5-2-1-3-6-14/h1-10H,11-13H2,(H,22,25)(H,26,27). The lowest BCUT2D eigenvalue weighted by atomic mass is 9.90. The summed E-state index contributed by atoms with van der Waals surface area (Å²) in [6.07, 6.45) is 3.62. The Hall–Kier alpha value is -3.68. The van der Waals surface area contributed by atoms with E-state index in [1.54, 1.807) is 35.0 Å². The zero-order chi connectivity index (χ0) is 19.6. The van der Waals surface area contributed by atoms with E-state index in [1.807, 2.05) is 30.3 Å². The topological polar surface area (TPSA) is 105 Å². The number of pyridine rings is 1. The van der Waals surface area contributed by atoms with Gasteiger partial charge in [-0.1, -0.05) is 41.6 Å². The molecule has 0 saturated carbocycles. The van der Waals surface area contributed by atoms with Crippen LogP contribution in [0.2, 0.25) is 0 Å². The normalized spacial score (nSPS) is 18.5. The number of carbonyl (C=O) groups is 2. The molecule has 0 spiro atoms. The number of hydrogen-bond acceptors (Lipinski definition) is 5. The van der Waals surface area contributed by atoms with Gasteiger partial charge in [0.2, 0.25) is 5.60 Å². The zero-order valence-corrected chi connectivity index (χ0v) is 14.9. The second kappa shape index (κ2) is 7.15. The smallest absolute Gasteiger partial charge is 0.351 e.